The molecule has 0 N–H and O–H groups in total. The standard InChI is InChI=1S/C41H83NO3/c1-8-10-12-14-16-18-20-22-24-26-28-30-33-39(34-31-29-27-25-23-21-19-17-15-13-11-9-2)45-42-37-32-35-41(5,6)44-38-36-40(3,4)43-7/h37,39H,8-36,38H2,1-7H3/b42-37+. The average Bonchev–Trinajstić information content (AvgIpc) is 3.01. The minimum Gasteiger partial charge on any atom is -0.393 e. The van der Waals surface area contributed by atoms with E-state index in [1.807, 2.05) is 6.21 Å². The van der Waals surface area contributed by atoms with E-state index in [4.69, 9.17) is 14.3 Å². The zero-order valence-electron chi connectivity index (χ0n) is 32.0. The highest BCUT2D eigenvalue weighted by Gasteiger charge is 2.21. The largest absolute Gasteiger partial charge is 0.393 e. The molecule has 0 aromatic heterocycles. The Hall–Kier alpha value is -0.610. The molecule has 0 aromatic rings. The van der Waals surface area contributed by atoms with Crippen molar-refractivity contribution < 1.29 is 14.3 Å². The van der Waals surface area contributed by atoms with E-state index in [1.54, 1.807) is 7.11 Å². The van der Waals surface area contributed by atoms with Crippen LogP contribution in [-0.4, -0.2) is 37.2 Å². The Morgan fingerprint density at radius 3 is 1.27 bits per heavy atom. The summed E-state index contributed by atoms with van der Waals surface area (Å²) in [7, 11) is 1.77. The van der Waals surface area contributed by atoms with Gasteiger partial charge in [-0.1, -0.05) is 160 Å². The molecule has 0 aromatic carbocycles. The Bertz CT molecular complexity index is 590. The summed E-state index contributed by atoms with van der Waals surface area (Å²) >= 11 is 0. The van der Waals surface area contributed by atoms with Crippen LogP contribution in [0.25, 0.3) is 0 Å². The maximum atomic E-state index is 6.17. The number of methoxy groups -OCH3 is 1. The summed E-state index contributed by atoms with van der Waals surface area (Å²) in [6.45, 7) is 13.9. The van der Waals surface area contributed by atoms with E-state index in [9.17, 15) is 0 Å². The molecule has 0 bridgehead atoms. The van der Waals surface area contributed by atoms with Crippen LogP contribution in [-0.2, 0) is 14.3 Å². The minimum atomic E-state index is -0.167. The molecule has 0 heterocycles. The Morgan fingerprint density at radius 1 is 0.511 bits per heavy atom. The second-order valence-electron chi connectivity index (χ2n) is 15.2. The van der Waals surface area contributed by atoms with Crippen LogP contribution in [0.2, 0.25) is 0 Å². The molecule has 0 fully saturated rings. The molecule has 0 atom stereocenters. The first kappa shape index (κ1) is 44.4. The van der Waals surface area contributed by atoms with Crippen molar-refractivity contribution in [3.05, 3.63) is 0 Å². The maximum absolute atomic E-state index is 6.17. The van der Waals surface area contributed by atoms with Gasteiger partial charge in [-0.2, -0.15) is 0 Å². The molecule has 0 aliphatic rings. The van der Waals surface area contributed by atoms with Crippen molar-refractivity contribution in [3.8, 4) is 0 Å². The van der Waals surface area contributed by atoms with Gasteiger partial charge >= 0.3 is 0 Å². The Balaban J connectivity index is 4.26. The summed E-state index contributed by atoms with van der Waals surface area (Å²) in [4.78, 5) is 6.11. The summed E-state index contributed by atoms with van der Waals surface area (Å²) in [5.74, 6) is 0. The van der Waals surface area contributed by atoms with Crippen LogP contribution < -0.4 is 0 Å². The summed E-state index contributed by atoms with van der Waals surface area (Å²) in [6, 6.07) is 0. The van der Waals surface area contributed by atoms with Crippen LogP contribution >= 0.6 is 0 Å². The molecule has 0 amide bonds. The lowest BCUT2D eigenvalue weighted by Gasteiger charge is -2.28. The topological polar surface area (TPSA) is 40.0 Å². The molecule has 4 nitrogen and oxygen atoms in total. The third kappa shape index (κ3) is 33.1. The van der Waals surface area contributed by atoms with Crippen molar-refractivity contribution in [3.63, 3.8) is 0 Å². The highest BCUT2D eigenvalue weighted by atomic mass is 16.6. The second-order valence-corrected chi connectivity index (χ2v) is 15.2. The Labute approximate surface area is 284 Å². The van der Waals surface area contributed by atoms with Crippen molar-refractivity contribution in [1.82, 2.24) is 0 Å². The van der Waals surface area contributed by atoms with Crippen molar-refractivity contribution in [2.75, 3.05) is 13.7 Å². The monoisotopic (exact) mass is 638 g/mol. The maximum Gasteiger partial charge on any atom is 0.127 e. The molecule has 0 unspecified atom stereocenters. The number of rotatable bonds is 36. The number of unbranched alkanes of at least 4 members (excludes halogenated alkanes) is 22. The van der Waals surface area contributed by atoms with E-state index in [-0.39, 0.29) is 17.3 Å². The number of nitrogens with zero attached hydrogens (tertiary/aromatic N) is 1. The fourth-order valence-corrected chi connectivity index (χ4v) is 6.02. The van der Waals surface area contributed by atoms with Gasteiger partial charge < -0.3 is 14.3 Å². The van der Waals surface area contributed by atoms with E-state index in [2.05, 4.69) is 46.7 Å². The smallest absolute Gasteiger partial charge is 0.127 e. The number of hydrogen-bond donors (Lipinski definition) is 0. The average molecular weight is 638 g/mol. The van der Waals surface area contributed by atoms with Gasteiger partial charge in [0.05, 0.1) is 17.8 Å². The molecule has 0 saturated carbocycles. The summed E-state index contributed by atoms with van der Waals surface area (Å²) in [5, 5.41) is 4.46. The molecule has 0 spiro atoms. The second kappa shape index (κ2) is 32.0. The Morgan fingerprint density at radius 2 is 0.889 bits per heavy atom. The first-order valence-corrected chi connectivity index (χ1v) is 20.1. The number of oxime groups is 1. The molecule has 0 aliphatic heterocycles. The van der Waals surface area contributed by atoms with Crippen LogP contribution in [0.1, 0.15) is 228 Å². The van der Waals surface area contributed by atoms with Gasteiger partial charge in [-0.15, -0.1) is 0 Å². The lowest BCUT2D eigenvalue weighted by Crippen LogP contribution is -2.30. The summed E-state index contributed by atoms with van der Waals surface area (Å²) in [6.07, 6.45) is 40.7. The van der Waals surface area contributed by atoms with Gasteiger partial charge in [0.25, 0.3) is 0 Å². The molecule has 0 aliphatic carbocycles. The lowest BCUT2D eigenvalue weighted by atomic mass is 10.0. The van der Waals surface area contributed by atoms with E-state index < -0.39 is 0 Å². The van der Waals surface area contributed by atoms with Gasteiger partial charge in [0.1, 0.15) is 6.10 Å². The van der Waals surface area contributed by atoms with Crippen LogP contribution in [0.4, 0.5) is 0 Å². The summed E-state index contributed by atoms with van der Waals surface area (Å²) < 4.78 is 11.7. The van der Waals surface area contributed by atoms with Crippen LogP contribution in [0.3, 0.4) is 0 Å². The number of ether oxygens (including phenoxy) is 2. The zero-order valence-corrected chi connectivity index (χ0v) is 32.0. The van der Waals surface area contributed by atoms with E-state index in [0.29, 0.717) is 6.61 Å². The van der Waals surface area contributed by atoms with Crippen LogP contribution in [0, 0.1) is 0 Å². The summed E-state index contributed by atoms with van der Waals surface area (Å²) in [5.41, 5.74) is -0.305. The highest BCUT2D eigenvalue weighted by Crippen LogP contribution is 2.21. The van der Waals surface area contributed by atoms with Gasteiger partial charge in [-0.3, -0.25) is 0 Å². The molecule has 45 heavy (non-hydrogen) atoms. The van der Waals surface area contributed by atoms with Crippen molar-refractivity contribution >= 4 is 6.21 Å². The van der Waals surface area contributed by atoms with Crippen molar-refractivity contribution in [2.24, 2.45) is 5.16 Å². The van der Waals surface area contributed by atoms with E-state index in [1.165, 1.54) is 154 Å². The number of hydrogen-bond acceptors (Lipinski definition) is 4. The molecular formula is C41H83NO3. The predicted octanol–water partition coefficient (Wildman–Crippen LogP) is 13.9. The molecule has 270 valence electrons. The van der Waals surface area contributed by atoms with Crippen molar-refractivity contribution in [1.29, 1.82) is 0 Å². The van der Waals surface area contributed by atoms with Gasteiger partial charge in [0, 0.05) is 13.3 Å². The minimum absolute atomic E-state index is 0.137. The zero-order chi connectivity index (χ0) is 33.3. The first-order valence-electron chi connectivity index (χ1n) is 20.1. The van der Waals surface area contributed by atoms with Crippen LogP contribution in [0.15, 0.2) is 5.16 Å². The van der Waals surface area contributed by atoms with Gasteiger partial charge in [-0.25, -0.2) is 0 Å². The van der Waals surface area contributed by atoms with Crippen LogP contribution in [0.5, 0.6) is 0 Å². The fourth-order valence-electron chi connectivity index (χ4n) is 6.02. The highest BCUT2D eigenvalue weighted by molar-refractivity contribution is 5.56. The van der Waals surface area contributed by atoms with E-state index in [0.717, 1.165) is 32.1 Å². The van der Waals surface area contributed by atoms with Crippen molar-refractivity contribution in [2.45, 2.75) is 245 Å². The molecule has 0 saturated heterocycles. The lowest BCUT2D eigenvalue weighted by molar-refractivity contribution is -0.0602. The van der Waals surface area contributed by atoms with E-state index >= 15 is 0 Å². The molecule has 0 radical (unpaired) electrons. The molecular weight excluding hydrogens is 554 g/mol. The quantitative estimate of drug-likeness (QED) is 0.0390. The fraction of sp³-hybridized carbons (Fsp3) is 0.976. The SMILES string of the molecule is CCCCCCCCCCCCCCC(CCCCCCCCCCCCCC)O/N=C/CCC(C)(C)OCCC(C)(C)OC. The third-order valence-corrected chi connectivity index (χ3v) is 9.67. The third-order valence-electron chi connectivity index (χ3n) is 9.67. The normalized spacial score (nSPS) is 12.6. The predicted molar refractivity (Wildman–Crippen MR) is 200 cm³/mol. The molecule has 4 heteroatoms. The Kier molecular flexibility index (Phi) is 31.5. The van der Waals surface area contributed by atoms with Gasteiger partial charge in [-0.05, 0) is 72.6 Å². The molecule has 0 rings (SSSR count). The van der Waals surface area contributed by atoms with Gasteiger partial charge in [0.15, 0.2) is 0 Å². The first-order chi connectivity index (χ1) is 21.8. The van der Waals surface area contributed by atoms with Gasteiger partial charge in [0.2, 0.25) is 0 Å².